The van der Waals surface area contributed by atoms with E-state index in [-0.39, 0.29) is 0 Å². The first-order chi connectivity index (χ1) is 9.16. The second kappa shape index (κ2) is 6.94. The van der Waals surface area contributed by atoms with Gasteiger partial charge in [0.15, 0.2) is 0 Å². The van der Waals surface area contributed by atoms with Gasteiger partial charge in [0, 0.05) is 23.7 Å². The lowest BCUT2D eigenvalue weighted by atomic mass is 10.2. The zero-order valence-corrected chi connectivity index (χ0v) is 12.6. The lowest BCUT2D eigenvalue weighted by molar-refractivity contribution is 0.582. The summed E-state index contributed by atoms with van der Waals surface area (Å²) in [6.45, 7) is 5.09. The summed E-state index contributed by atoms with van der Waals surface area (Å²) in [7, 11) is 0. The molecule has 0 fully saturated rings. The fourth-order valence-electron chi connectivity index (χ4n) is 1.60. The maximum Gasteiger partial charge on any atom is 0.105 e. The van der Waals surface area contributed by atoms with E-state index in [4.69, 9.17) is 11.6 Å². The molecule has 0 aliphatic rings. The summed E-state index contributed by atoms with van der Waals surface area (Å²) < 4.78 is 0. The second-order valence-corrected chi connectivity index (χ2v) is 5.97. The number of nitrogens with one attached hydrogen (secondary N) is 1. The standard InChI is InChI=1S/C15H17ClN2S/c1-11(2)18-10-12-6-5-9-17-15(12)19-14-8-4-3-7-13(14)16/h3-9,11,18H,10H2,1-2H3. The van der Waals surface area contributed by atoms with Crippen molar-refractivity contribution in [3.63, 3.8) is 0 Å². The Kier molecular flexibility index (Phi) is 5.25. The highest BCUT2D eigenvalue weighted by Crippen LogP contribution is 2.33. The smallest absolute Gasteiger partial charge is 0.105 e. The summed E-state index contributed by atoms with van der Waals surface area (Å²) in [6, 6.07) is 12.4. The van der Waals surface area contributed by atoms with Gasteiger partial charge < -0.3 is 5.32 Å². The average molecular weight is 293 g/mol. The van der Waals surface area contributed by atoms with Crippen molar-refractivity contribution in [3.8, 4) is 0 Å². The van der Waals surface area contributed by atoms with Crippen molar-refractivity contribution in [3.05, 3.63) is 53.2 Å². The second-order valence-electron chi connectivity index (χ2n) is 4.54. The Labute approximate surface area is 123 Å². The quantitative estimate of drug-likeness (QED) is 0.885. The third-order valence-electron chi connectivity index (χ3n) is 2.59. The summed E-state index contributed by atoms with van der Waals surface area (Å²) in [4.78, 5) is 5.49. The Balaban J connectivity index is 2.18. The molecule has 19 heavy (non-hydrogen) atoms. The summed E-state index contributed by atoms with van der Waals surface area (Å²) in [5, 5.41) is 5.18. The normalized spacial score (nSPS) is 10.9. The van der Waals surface area contributed by atoms with Gasteiger partial charge in [0.1, 0.15) is 5.03 Å². The topological polar surface area (TPSA) is 24.9 Å². The zero-order chi connectivity index (χ0) is 13.7. The van der Waals surface area contributed by atoms with Crippen LogP contribution in [0.2, 0.25) is 5.02 Å². The lowest BCUT2D eigenvalue weighted by Gasteiger charge is -2.11. The Hall–Kier alpha value is -1.03. The maximum absolute atomic E-state index is 6.19. The predicted molar refractivity (Wildman–Crippen MR) is 81.8 cm³/mol. The number of hydrogen-bond donors (Lipinski definition) is 1. The highest BCUT2D eigenvalue weighted by atomic mass is 35.5. The van der Waals surface area contributed by atoms with Crippen LogP contribution in [-0.2, 0) is 6.54 Å². The van der Waals surface area contributed by atoms with Crippen molar-refractivity contribution >= 4 is 23.4 Å². The van der Waals surface area contributed by atoms with Crippen LogP contribution in [0, 0.1) is 0 Å². The fraction of sp³-hybridized carbons (Fsp3) is 0.267. The summed E-state index contributed by atoms with van der Waals surface area (Å²) in [5.41, 5.74) is 1.20. The lowest BCUT2D eigenvalue weighted by Crippen LogP contribution is -2.22. The van der Waals surface area contributed by atoms with Crippen LogP contribution in [-0.4, -0.2) is 11.0 Å². The molecule has 0 bridgehead atoms. The molecule has 4 heteroatoms. The van der Waals surface area contributed by atoms with Crippen LogP contribution in [0.4, 0.5) is 0 Å². The van der Waals surface area contributed by atoms with E-state index in [1.807, 2.05) is 36.5 Å². The summed E-state index contributed by atoms with van der Waals surface area (Å²) in [6.07, 6.45) is 1.82. The van der Waals surface area contributed by atoms with Crippen molar-refractivity contribution in [2.24, 2.45) is 0 Å². The van der Waals surface area contributed by atoms with E-state index in [1.165, 1.54) is 5.56 Å². The maximum atomic E-state index is 6.19. The molecule has 0 amide bonds. The Morgan fingerprint density at radius 3 is 2.74 bits per heavy atom. The van der Waals surface area contributed by atoms with Gasteiger partial charge in [-0.2, -0.15) is 0 Å². The first kappa shape index (κ1) is 14.4. The van der Waals surface area contributed by atoms with Gasteiger partial charge in [-0.25, -0.2) is 4.98 Å². The highest BCUT2D eigenvalue weighted by Gasteiger charge is 2.08. The number of benzene rings is 1. The molecule has 1 aromatic carbocycles. The molecule has 0 aliphatic carbocycles. The molecule has 2 rings (SSSR count). The molecule has 0 aliphatic heterocycles. The molecule has 0 unspecified atom stereocenters. The Bertz CT molecular complexity index is 543. The van der Waals surface area contributed by atoms with Crippen LogP contribution in [0.5, 0.6) is 0 Å². The third kappa shape index (κ3) is 4.23. The van der Waals surface area contributed by atoms with E-state index in [0.29, 0.717) is 6.04 Å². The molecule has 1 heterocycles. The molecular weight excluding hydrogens is 276 g/mol. The molecule has 2 nitrogen and oxygen atoms in total. The summed E-state index contributed by atoms with van der Waals surface area (Å²) in [5.74, 6) is 0. The van der Waals surface area contributed by atoms with E-state index >= 15 is 0 Å². The first-order valence-electron chi connectivity index (χ1n) is 6.26. The number of halogens is 1. The van der Waals surface area contributed by atoms with Crippen LogP contribution in [0.1, 0.15) is 19.4 Å². The Morgan fingerprint density at radius 1 is 1.21 bits per heavy atom. The molecular formula is C15H17ClN2S. The van der Waals surface area contributed by atoms with Crippen molar-refractivity contribution < 1.29 is 0 Å². The minimum atomic E-state index is 0.457. The SMILES string of the molecule is CC(C)NCc1cccnc1Sc1ccccc1Cl. The van der Waals surface area contributed by atoms with Gasteiger partial charge in [0.05, 0.1) is 5.02 Å². The van der Waals surface area contributed by atoms with E-state index in [2.05, 4.69) is 30.2 Å². The molecule has 0 radical (unpaired) electrons. The monoisotopic (exact) mass is 292 g/mol. The van der Waals surface area contributed by atoms with Crippen molar-refractivity contribution in [1.29, 1.82) is 0 Å². The van der Waals surface area contributed by atoms with Crippen LogP contribution in [0.3, 0.4) is 0 Å². The number of rotatable bonds is 5. The van der Waals surface area contributed by atoms with Gasteiger partial charge in [0.25, 0.3) is 0 Å². The van der Waals surface area contributed by atoms with Gasteiger partial charge in [0.2, 0.25) is 0 Å². The fourth-order valence-corrected chi connectivity index (χ4v) is 2.75. The third-order valence-corrected chi connectivity index (χ3v) is 4.17. The van der Waals surface area contributed by atoms with Gasteiger partial charge in [-0.15, -0.1) is 0 Å². The van der Waals surface area contributed by atoms with Crippen LogP contribution < -0.4 is 5.32 Å². The minimum absolute atomic E-state index is 0.457. The van der Waals surface area contributed by atoms with Crippen LogP contribution in [0.25, 0.3) is 0 Å². The number of aromatic nitrogens is 1. The average Bonchev–Trinajstić information content (AvgIpc) is 2.40. The molecule has 100 valence electrons. The molecule has 2 aromatic rings. The van der Waals surface area contributed by atoms with Crippen molar-refractivity contribution in [2.75, 3.05) is 0 Å². The molecule has 1 aromatic heterocycles. The number of hydrogen-bond acceptors (Lipinski definition) is 3. The molecule has 0 saturated heterocycles. The van der Waals surface area contributed by atoms with E-state index in [9.17, 15) is 0 Å². The zero-order valence-electron chi connectivity index (χ0n) is 11.1. The van der Waals surface area contributed by atoms with Gasteiger partial charge >= 0.3 is 0 Å². The largest absolute Gasteiger partial charge is 0.310 e. The van der Waals surface area contributed by atoms with E-state index < -0.39 is 0 Å². The first-order valence-corrected chi connectivity index (χ1v) is 7.46. The molecule has 0 atom stereocenters. The summed E-state index contributed by atoms with van der Waals surface area (Å²) >= 11 is 7.80. The molecule has 0 spiro atoms. The minimum Gasteiger partial charge on any atom is -0.310 e. The van der Waals surface area contributed by atoms with Crippen LogP contribution in [0.15, 0.2) is 52.5 Å². The van der Waals surface area contributed by atoms with Gasteiger partial charge in [-0.3, -0.25) is 0 Å². The number of nitrogens with zero attached hydrogens (tertiary/aromatic N) is 1. The van der Waals surface area contributed by atoms with Crippen molar-refractivity contribution in [1.82, 2.24) is 10.3 Å². The van der Waals surface area contributed by atoms with Gasteiger partial charge in [-0.1, -0.05) is 55.4 Å². The Morgan fingerprint density at radius 2 is 2.00 bits per heavy atom. The van der Waals surface area contributed by atoms with E-state index in [0.717, 1.165) is 21.5 Å². The van der Waals surface area contributed by atoms with E-state index in [1.54, 1.807) is 11.8 Å². The number of pyridine rings is 1. The van der Waals surface area contributed by atoms with Crippen molar-refractivity contribution in [2.45, 2.75) is 36.4 Å². The van der Waals surface area contributed by atoms with Crippen LogP contribution >= 0.6 is 23.4 Å². The highest BCUT2D eigenvalue weighted by molar-refractivity contribution is 7.99. The molecule has 1 N–H and O–H groups in total. The molecule has 0 saturated carbocycles. The van der Waals surface area contributed by atoms with Gasteiger partial charge in [-0.05, 0) is 23.8 Å². The predicted octanol–water partition coefficient (Wildman–Crippen LogP) is 4.38.